The van der Waals surface area contributed by atoms with Crippen LogP contribution in [0.1, 0.15) is 25.6 Å². The van der Waals surface area contributed by atoms with Crippen LogP contribution in [0.5, 0.6) is 0 Å². The number of nitrogens with zero attached hydrogens (tertiary/aromatic N) is 3. The zero-order valence-corrected chi connectivity index (χ0v) is 15.0. The molecule has 0 saturated heterocycles. The SMILES string of the molecule is Cc1cc2c(cn1)oc1c(-c3nc4ccccc4n3C(C)C)cccc12. The van der Waals surface area contributed by atoms with Crippen molar-refractivity contribution in [3.63, 3.8) is 0 Å². The van der Waals surface area contributed by atoms with Crippen molar-refractivity contribution in [2.45, 2.75) is 26.8 Å². The van der Waals surface area contributed by atoms with Crippen LogP contribution < -0.4 is 0 Å². The fraction of sp³-hybridized carbons (Fsp3) is 0.182. The lowest BCUT2D eigenvalue weighted by atomic mass is 10.1. The molecule has 0 fully saturated rings. The summed E-state index contributed by atoms with van der Waals surface area (Å²) in [6.07, 6.45) is 1.81. The summed E-state index contributed by atoms with van der Waals surface area (Å²) < 4.78 is 8.49. The largest absolute Gasteiger partial charge is 0.454 e. The number of imidazole rings is 1. The van der Waals surface area contributed by atoms with E-state index in [4.69, 9.17) is 9.40 Å². The van der Waals surface area contributed by atoms with E-state index < -0.39 is 0 Å². The van der Waals surface area contributed by atoms with Gasteiger partial charge in [0, 0.05) is 22.5 Å². The molecule has 4 nitrogen and oxygen atoms in total. The summed E-state index contributed by atoms with van der Waals surface area (Å²) in [5.74, 6) is 0.940. The highest BCUT2D eigenvalue weighted by molar-refractivity contribution is 6.09. The number of furan rings is 1. The fourth-order valence-electron chi connectivity index (χ4n) is 3.74. The second-order valence-electron chi connectivity index (χ2n) is 6.99. The molecule has 0 radical (unpaired) electrons. The van der Waals surface area contributed by atoms with Gasteiger partial charge in [-0.3, -0.25) is 4.98 Å². The topological polar surface area (TPSA) is 43.9 Å². The molecule has 0 aliphatic rings. The number of hydrogen-bond acceptors (Lipinski definition) is 3. The van der Waals surface area contributed by atoms with Crippen molar-refractivity contribution in [1.29, 1.82) is 0 Å². The first-order valence-electron chi connectivity index (χ1n) is 8.88. The Kier molecular flexibility index (Phi) is 3.16. The molecule has 2 aromatic carbocycles. The van der Waals surface area contributed by atoms with Crippen LogP contribution >= 0.6 is 0 Å². The van der Waals surface area contributed by atoms with Crippen molar-refractivity contribution >= 4 is 33.0 Å². The van der Waals surface area contributed by atoms with Gasteiger partial charge in [-0.2, -0.15) is 0 Å². The van der Waals surface area contributed by atoms with Gasteiger partial charge in [-0.05, 0) is 45.0 Å². The summed E-state index contributed by atoms with van der Waals surface area (Å²) in [6, 6.07) is 16.9. The lowest BCUT2D eigenvalue weighted by molar-refractivity contribution is 0.622. The van der Waals surface area contributed by atoms with Crippen molar-refractivity contribution in [2.75, 3.05) is 0 Å². The normalized spacial score (nSPS) is 12.0. The average molecular weight is 341 g/mol. The minimum absolute atomic E-state index is 0.293. The summed E-state index contributed by atoms with van der Waals surface area (Å²) >= 11 is 0. The van der Waals surface area contributed by atoms with Gasteiger partial charge in [0.25, 0.3) is 0 Å². The van der Waals surface area contributed by atoms with Crippen molar-refractivity contribution in [3.05, 3.63) is 60.4 Å². The number of fused-ring (bicyclic) bond motifs is 4. The van der Waals surface area contributed by atoms with Crippen molar-refractivity contribution < 1.29 is 4.42 Å². The van der Waals surface area contributed by atoms with Gasteiger partial charge in [-0.25, -0.2) is 4.98 Å². The van der Waals surface area contributed by atoms with E-state index in [0.717, 1.165) is 50.1 Å². The van der Waals surface area contributed by atoms with Crippen molar-refractivity contribution in [3.8, 4) is 11.4 Å². The highest BCUT2D eigenvalue weighted by Gasteiger charge is 2.19. The summed E-state index contributed by atoms with van der Waals surface area (Å²) in [4.78, 5) is 9.30. The molecule has 0 N–H and O–H groups in total. The highest BCUT2D eigenvalue weighted by Crippen LogP contribution is 2.37. The monoisotopic (exact) mass is 341 g/mol. The number of pyridine rings is 1. The van der Waals surface area contributed by atoms with Gasteiger partial charge < -0.3 is 8.98 Å². The molecule has 0 atom stereocenters. The quantitative estimate of drug-likeness (QED) is 0.402. The first kappa shape index (κ1) is 15.1. The standard InChI is InChI=1S/C22H19N3O/c1-13(2)25-19-10-5-4-9-18(19)24-22(25)16-8-6-7-15-17-11-14(3)23-12-20(17)26-21(15)16/h4-13H,1-3H3. The van der Waals surface area contributed by atoms with E-state index >= 15 is 0 Å². The number of aromatic nitrogens is 3. The van der Waals surface area contributed by atoms with E-state index in [2.05, 4.69) is 65.9 Å². The van der Waals surface area contributed by atoms with Crippen molar-refractivity contribution in [2.24, 2.45) is 0 Å². The number of hydrogen-bond donors (Lipinski definition) is 0. The molecule has 0 aliphatic heterocycles. The Balaban J connectivity index is 1.89. The Morgan fingerprint density at radius 3 is 2.69 bits per heavy atom. The third kappa shape index (κ3) is 2.08. The van der Waals surface area contributed by atoms with Crippen LogP contribution in [-0.2, 0) is 0 Å². The molecule has 5 aromatic rings. The van der Waals surface area contributed by atoms with E-state index in [9.17, 15) is 0 Å². The Bertz CT molecular complexity index is 1280. The second kappa shape index (κ2) is 5.43. The Morgan fingerprint density at radius 2 is 1.85 bits per heavy atom. The smallest absolute Gasteiger partial charge is 0.153 e. The molecule has 3 heterocycles. The maximum absolute atomic E-state index is 6.21. The van der Waals surface area contributed by atoms with Crippen LogP contribution in [0.4, 0.5) is 0 Å². The fourth-order valence-corrected chi connectivity index (χ4v) is 3.74. The summed E-state index contributed by atoms with van der Waals surface area (Å²) in [7, 11) is 0. The molecular formula is C22H19N3O. The molecule has 26 heavy (non-hydrogen) atoms. The molecule has 0 amide bonds. The van der Waals surface area contributed by atoms with E-state index in [1.165, 1.54) is 0 Å². The minimum atomic E-state index is 0.293. The average Bonchev–Trinajstić information content (AvgIpc) is 3.19. The summed E-state index contributed by atoms with van der Waals surface area (Å²) in [5, 5.41) is 2.20. The molecule has 0 aliphatic carbocycles. The van der Waals surface area contributed by atoms with Crippen LogP contribution in [0.25, 0.3) is 44.4 Å². The van der Waals surface area contributed by atoms with Crippen LogP contribution in [0, 0.1) is 6.92 Å². The third-order valence-corrected chi connectivity index (χ3v) is 4.87. The first-order valence-corrected chi connectivity index (χ1v) is 8.88. The summed E-state index contributed by atoms with van der Waals surface area (Å²) in [5.41, 5.74) is 5.82. The van der Waals surface area contributed by atoms with Gasteiger partial charge in [0.15, 0.2) is 5.58 Å². The molecule has 3 aromatic heterocycles. The Hall–Kier alpha value is -3.14. The van der Waals surface area contributed by atoms with E-state index in [0.29, 0.717) is 6.04 Å². The molecule has 0 saturated carbocycles. The highest BCUT2D eigenvalue weighted by atomic mass is 16.3. The van der Waals surface area contributed by atoms with Gasteiger partial charge in [0.05, 0.1) is 22.8 Å². The van der Waals surface area contributed by atoms with E-state index in [1.54, 1.807) is 6.20 Å². The first-order chi connectivity index (χ1) is 12.6. The molecular weight excluding hydrogens is 322 g/mol. The molecule has 128 valence electrons. The van der Waals surface area contributed by atoms with Crippen LogP contribution in [0.15, 0.2) is 59.1 Å². The maximum atomic E-state index is 6.21. The molecule has 0 bridgehead atoms. The van der Waals surface area contributed by atoms with Crippen LogP contribution in [0.3, 0.4) is 0 Å². The van der Waals surface area contributed by atoms with Gasteiger partial charge >= 0.3 is 0 Å². The lowest BCUT2D eigenvalue weighted by Gasteiger charge is -2.13. The van der Waals surface area contributed by atoms with E-state index in [-0.39, 0.29) is 0 Å². The number of benzene rings is 2. The van der Waals surface area contributed by atoms with Gasteiger partial charge in [-0.1, -0.05) is 24.3 Å². The van der Waals surface area contributed by atoms with Crippen LogP contribution in [-0.4, -0.2) is 14.5 Å². The zero-order chi connectivity index (χ0) is 17.8. The Morgan fingerprint density at radius 1 is 1.00 bits per heavy atom. The van der Waals surface area contributed by atoms with Gasteiger partial charge in [-0.15, -0.1) is 0 Å². The second-order valence-corrected chi connectivity index (χ2v) is 6.99. The lowest BCUT2D eigenvalue weighted by Crippen LogP contribution is -2.03. The predicted octanol–water partition coefficient (Wildman–Crippen LogP) is 5.89. The Labute approximate surface area is 151 Å². The molecule has 4 heteroatoms. The predicted molar refractivity (Wildman–Crippen MR) is 105 cm³/mol. The van der Waals surface area contributed by atoms with Crippen molar-refractivity contribution in [1.82, 2.24) is 14.5 Å². The number of rotatable bonds is 2. The molecule has 5 rings (SSSR count). The minimum Gasteiger partial charge on any atom is -0.454 e. The van der Waals surface area contributed by atoms with Gasteiger partial charge in [0.2, 0.25) is 0 Å². The van der Waals surface area contributed by atoms with Gasteiger partial charge in [0.1, 0.15) is 11.4 Å². The zero-order valence-electron chi connectivity index (χ0n) is 15.0. The van der Waals surface area contributed by atoms with E-state index in [1.807, 2.05) is 13.0 Å². The molecule has 0 unspecified atom stereocenters. The summed E-state index contributed by atoms with van der Waals surface area (Å²) in [6.45, 7) is 6.37. The van der Waals surface area contributed by atoms with Crippen LogP contribution in [0.2, 0.25) is 0 Å². The number of para-hydroxylation sites is 3. The number of aryl methyl sites for hydroxylation is 1. The maximum Gasteiger partial charge on any atom is 0.153 e. The molecule has 0 spiro atoms. The third-order valence-electron chi connectivity index (χ3n) is 4.87.